The Morgan fingerprint density at radius 2 is 2.42 bits per heavy atom. The average Bonchev–Trinajstić information content (AvgIpc) is 2.82. The van der Waals surface area contributed by atoms with Gasteiger partial charge in [0.25, 0.3) is 0 Å². The maximum Gasteiger partial charge on any atom is 0.186 e. The maximum atomic E-state index is 6.05. The van der Waals surface area contributed by atoms with Crippen LogP contribution in [0.2, 0.25) is 5.02 Å². The fraction of sp³-hybridized carbons (Fsp3) is 0.500. The van der Waals surface area contributed by atoms with Crippen LogP contribution >= 0.6 is 22.9 Å². The van der Waals surface area contributed by atoms with E-state index in [0.717, 1.165) is 35.3 Å². The van der Waals surface area contributed by atoms with Crippen LogP contribution in [-0.2, 0) is 0 Å². The number of aromatic nitrogens is 1. The fourth-order valence-electron chi connectivity index (χ4n) is 2.61. The van der Waals surface area contributed by atoms with Gasteiger partial charge in [0.2, 0.25) is 0 Å². The number of hydrogen-bond donors (Lipinski definition) is 1. The van der Waals surface area contributed by atoms with Crippen molar-refractivity contribution in [1.29, 1.82) is 0 Å². The van der Waals surface area contributed by atoms with Crippen LogP contribution < -0.4 is 10.2 Å². The van der Waals surface area contributed by atoms with E-state index in [1.54, 1.807) is 11.3 Å². The lowest BCUT2D eigenvalue weighted by molar-refractivity contribution is 0.450. The zero-order chi connectivity index (χ0) is 13.2. The van der Waals surface area contributed by atoms with Crippen LogP contribution in [0, 0.1) is 0 Å². The third-order valence-corrected chi connectivity index (χ3v) is 4.85. The Balaban J connectivity index is 1.92. The SMILES string of the molecule is CCCC1CNCCN1c1nc2ccc(Cl)cc2s1. The molecule has 1 aromatic carbocycles. The highest BCUT2D eigenvalue weighted by atomic mass is 35.5. The van der Waals surface area contributed by atoms with Crippen molar-refractivity contribution in [3.63, 3.8) is 0 Å². The first-order valence-electron chi connectivity index (χ1n) is 6.81. The smallest absolute Gasteiger partial charge is 0.186 e. The Bertz CT molecular complexity index is 567. The topological polar surface area (TPSA) is 28.2 Å². The molecular weight excluding hydrogens is 278 g/mol. The van der Waals surface area contributed by atoms with Crippen molar-refractivity contribution in [1.82, 2.24) is 10.3 Å². The van der Waals surface area contributed by atoms with Crippen molar-refractivity contribution < 1.29 is 0 Å². The zero-order valence-electron chi connectivity index (χ0n) is 11.0. The van der Waals surface area contributed by atoms with E-state index in [1.165, 1.54) is 17.5 Å². The summed E-state index contributed by atoms with van der Waals surface area (Å²) in [5, 5.41) is 5.40. The van der Waals surface area contributed by atoms with Gasteiger partial charge in [-0.1, -0.05) is 36.3 Å². The predicted molar refractivity (Wildman–Crippen MR) is 83.5 cm³/mol. The highest BCUT2D eigenvalue weighted by molar-refractivity contribution is 7.22. The molecule has 0 bridgehead atoms. The lowest BCUT2D eigenvalue weighted by Gasteiger charge is -2.36. The number of benzene rings is 1. The predicted octanol–water partition coefficient (Wildman–Crippen LogP) is 3.53. The van der Waals surface area contributed by atoms with Crippen LogP contribution in [0.25, 0.3) is 10.2 Å². The van der Waals surface area contributed by atoms with Gasteiger partial charge in [0.05, 0.1) is 10.2 Å². The summed E-state index contributed by atoms with van der Waals surface area (Å²) < 4.78 is 1.18. The van der Waals surface area contributed by atoms with Crippen LogP contribution in [0.1, 0.15) is 19.8 Å². The minimum atomic E-state index is 0.565. The summed E-state index contributed by atoms with van der Waals surface area (Å²) in [6, 6.07) is 6.49. The van der Waals surface area contributed by atoms with Crippen molar-refractivity contribution >= 4 is 38.3 Å². The molecule has 0 aliphatic carbocycles. The standard InChI is InChI=1S/C14H18ClN3S/c1-2-3-11-9-16-6-7-18(11)14-17-12-5-4-10(15)8-13(12)19-14/h4-5,8,11,16H,2-3,6-7,9H2,1H3. The summed E-state index contributed by atoms with van der Waals surface area (Å²) in [4.78, 5) is 7.22. The fourth-order valence-corrected chi connectivity index (χ4v) is 3.95. The summed E-state index contributed by atoms with van der Waals surface area (Å²) >= 11 is 7.80. The number of rotatable bonds is 3. The van der Waals surface area contributed by atoms with Gasteiger partial charge in [0.15, 0.2) is 5.13 Å². The molecule has 1 aliphatic heterocycles. The van der Waals surface area contributed by atoms with Gasteiger partial charge in [0, 0.05) is 30.7 Å². The number of nitrogens with one attached hydrogen (secondary N) is 1. The van der Waals surface area contributed by atoms with Crippen molar-refractivity contribution in [3.05, 3.63) is 23.2 Å². The highest BCUT2D eigenvalue weighted by Crippen LogP contribution is 2.32. The van der Waals surface area contributed by atoms with Crippen molar-refractivity contribution in [3.8, 4) is 0 Å². The van der Waals surface area contributed by atoms with E-state index in [9.17, 15) is 0 Å². The molecule has 5 heteroatoms. The molecule has 0 spiro atoms. The first-order chi connectivity index (χ1) is 9.28. The van der Waals surface area contributed by atoms with E-state index in [0.29, 0.717) is 6.04 Å². The second kappa shape index (κ2) is 5.65. The lowest BCUT2D eigenvalue weighted by atomic mass is 10.1. The summed E-state index contributed by atoms with van der Waals surface area (Å²) in [5.41, 5.74) is 1.05. The van der Waals surface area contributed by atoms with Gasteiger partial charge in [-0.3, -0.25) is 0 Å². The normalized spacial score (nSPS) is 20.1. The highest BCUT2D eigenvalue weighted by Gasteiger charge is 2.24. The van der Waals surface area contributed by atoms with Crippen molar-refractivity contribution in [2.75, 3.05) is 24.5 Å². The van der Waals surface area contributed by atoms with E-state index in [4.69, 9.17) is 16.6 Å². The molecule has 1 atom stereocenters. The molecule has 19 heavy (non-hydrogen) atoms. The monoisotopic (exact) mass is 295 g/mol. The molecule has 1 aliphatic rings. The molecule has 2 heterocycles. The summed E-state index contributed by atoms with van der Waals surface area (Å²) in [5.74, 6) is 0. The first kappa shape index (κ1) is 13.2. The molecule has 3 rings (SSSR count). The van der Waals surface area contributed by atoms with Gasteiger partial charge in [-0.2, -0.15) is 0 Å². The zero-order valence-corrected chi connectivity index (χ0v) is 12.6. The molecule has 1 N–H and O–H groups in total. The second-order valence-electron chi connectivity index (χ2n) is 4.95. The Hall–Kier alpha value is -0.840. The Morgan fingerprint density at radius 1 is 1.53 bits per heavy atom. The molecule has 0 amide bonds. The molecule has 2 aromatic rings. The minimum Gasteiger partial charge on any atom is -0.343 e. The maximum absolute atomic E-state index is 6.05. The summed E-state index contributed by atoms with van der Waals surface area (Å²) in [6.45, 7) is 5.38. The number of hydrogen-bond acceptors (Lipinski definition) is 4. The van der Waals surface area contributed by atoms with E-state index in [1.807, 2.05) is 18.2 Å². The molecule has 1 aromatic heterocycles. The number of piperazine rings is 1. The summed E-state index contributed by atoms with van der Waals surface area (Å²) in [7, 11) is 0. The average molecular weight is 296 g/mol. The number of anilines is 1. The molecule has 1 fully saturated rings. The Labute approximate surface area is 122 Å². The molecule has 1 unspecified atom stereocenters. The van der Waals surface area contributed by atoms with Crippen molar-refractivity contribution in [2.24, 2.45) is 0 Å². The molecule has 0 saturated carbocycles. The molecule has 0 radical (unpaired) electrons. The van der Waals surface area contributed by atoms with Crippen LogP contribution in [0.5, 0.6) is 0 Å². The third-order valence-electron chi connectivity index (χ3n) is 3.56. The van der Waals surface area contributed by atoms with Crippen LogP contribution in [0.15, 0.2) is 18.2 Å². The third kappa shape index (κ3) is 2.71. The number of nitrogens with zero attached hydrogens (tertiary/aromatic N) is 2. The molecular formula is C14H18ClN3S. The van der Waals surface area contributed by atoms with Gasteiger partial charge in [-0.05, 0) is 24.6 Å². The lowest BCUT2D eigenvalue weighted by Crippen LogP contribution is -2.51. The van der Waals surface area contributed by atoms with Gasteiger partial charge in [0.1, 0.15) is 0 Å². The number of thiazole rings is 1. The summed E-state index contributed by atoms with van der Waals surface area (Å²) in [6.07, 6.45) is 2.42. The van der Waals surface area contributed by atoms with Crippen LogP contribution in [0.4, 0.5) is 5.13 Å². The van der Waals surface area contributed by atoms with Gasteiger partial charge >= 0.3 is 0 Å². The first-order valence-corrected chi connectivity index (χ1v) is 8.01. The quantitative estimate of drug-likeness (QED) is 0.939. The molecule has 3 nitrogen and oxygen atoms in total. The Morgan fingerprint density at radius 3 is 3.26 bits per heavy atom. The van der Waals surface area contributed by atoms with E-state index in [-0.39, 0.29) is 0 Å². The van der Waals surface area contributed by atoms with E-state index in [2.05, 4.69) is 17.1 Å². The van der Waals surface area contributed by atoms with Gasteiger partial charge < -0.3 is 10.2 Å². The number of halogens is 1. The van der Waals surface area contributed by atoms with Gasteiger partial charge in [-0.15, -0.1) is 0 Å². The van der Waals surface area contributed by atoms with Gasteiger partial charge in [-0.25, -0.2) is 4.98 Å². The molecule has 1 saturated heterocycles. The van der Waals surface area contributed by atoms with E-state index < -0.39 is 0 Å². The van der Waals surface area contributed by atoms with Crippen LogP contribution in [0.3, 0.4) is 0 Å². The van der Waals surface area contributed by atoms with Crippen LogP contribution in [-0.4, -0.2) is 30.7 Å². The van der Waals surface area contributed by atoms with Crippen molar-refractivity contribution in [2.45, 2.75) is 25.8 Å². The van der Waals surface area contributed by atoms with E-state index >= 15 is 0 Å². The minimum absolute atomic E-state index is 0.565. The number of fused-ring (bicyclic) bond motifs is 1. The molecule has 102 valence electrons. The second-order valence-corrected chi connectivity index (χ2v) is 6.39. The Kier molecular flexibility index (Phi) is 3.91. The largest absolute Gasteiger partial charge is 0.343 e.